The highest BCUT2D eigenvalue weighted by Crippen LogP contribution is 1.98. The lowest BCUT2D eigenvalue weighted by Gasteiger charge is -2.02. The van der Waals surface area contributed by atoms with E-state index in [0.29, 0.717) is 6.61 Å². The van der Waals surface area contributed by atoms with Gasteiger partial charge in [0.1, 0.15) is 0 Å². The average molecular weight is 193 g/mol. The summed E-state index contributed by atoms with van der Waals surface area (Å²) >= 11 is 0. The molecule has 0 saturated carbocycles. The second-order valence-corrected chi connectivity index (χ2v) is 2.72. The van der Waals surface area contributed by atoms with Crippen molar-refractivity contribution in [2.24, 2.45) is 0 Å². The largest absolute Gasteiger partial charge is 0.478 e. The fourth-order valence-electron chi connectivity index (χ4n) is 0.824. The highest BCUT2D eigenvalue weighted by molar-refractivity contribution is 5.85. The molecule has 1 heterocycles. The Balaban J connectivity index is 2.29. The van der Waals surface area contributed by atoms with Crippen molar-refractivity contribution in [3.63, 3.8) is 0 Å². The molecule has 0 amide bonds. The van der Waals surface area contributed by atoms with Crippen LogP contribution in [-0.2, 0) is 16.1 Å². The summed E-state index contributed by atoms with van der Waals surface area (Å²) in [7, 11) is 0. The summed E-state index contributed by atoms with van der Waals surface area (Å²) < 4.78 is 5.10. The molecule has 1 rings (SSSR count). The Labute approximate surface area is 81.9 Å². The Bertz CT molecular complexity index is 321. The topological polar surface area (TPSA) is 59.4 Å². The number of nitrogens with zero attached hydrogens (tertiary/aromatic N) is 1. The van der Waals surface area contributed by atoms with Gasteiger partial charge in [-0.25, -0.2) is 4.79 Å². The number of aromatic nitrogens is 1. The minimum absolute atomic E-state index is 0.0197. The van der Waals surface area contributed by atoms with Crippen molar-refractivity contribution in [3.05, 3.63) is 42.2 Å². The zero-order valence-electron chi connectivity index (χ0n) is 7.64. The molecule has 4 heteroatoms. The predicted molar refractivity (Wildman–Crippen MR) is 50.7 cm³/mol. The lowest BCUT2D eigenvalue weighted by atomic mass is 10.3. The second kappa shape index (κ2) is 5.14. The second-order valence-electron chi connectivity index (χ2n) is 2.72. The van der Waals surface area contributed by atoms with Crippen LogP contribution in [0.25, 0.3) is 0 Å². The van der Waals surface area contributed by atoms with Crippen LogP contribution in [-0.4, -0.2) is 22.7 Å². The van der Waals surface area contributed by atoms with Gasteiger partial charge in [0.2, 0.25) is 0 Å². The first-order valence-electron chi connectivity index (χ1n) is 4.09. The summed E-state index contributed by atoms with van der Waals surface area (Å²) in [5.41, 5.74) is 0.812. The normalized spacial score (nSPS) is 9.71. The van der Waals surface area contributed by atoms with Crippen LogP contribution in [0.1, 0.15) is 5.69 Å². The first kappa shape index (κ1) is 10.4. The number of hydrogen-bond donors (Lipinski definition) is 1. The average Bonchev–Trinajstić information content (AvgIpc) is 2.19. The molecule has 0 aromatic carbocycles. The van der Waals surface area contributed by atoms with Crippen molar-refractivity contribution in [3.8, 4) is 0 Å². The Morgan fingerprint density at radius 3 is 2.93 bits per heavy atom. The molecule has 14 heavy (non-hydrogen) atoms. The maximum absolute atomic E-state index is 10.3. The Kier molecular flexibility index (Phi) is 3.82. The van der Waals surface area contributed by atoms with Crippen LogP contribution < -0.4 is 0 Å². The Morgan fingerprint density at radius 1 is 1.57 bits per heavy atom. The lowest BCUT2D eigenvalue weighted by Crippen LogP contribution is -2.07. The monoisotopic (exact) mass is 193 g/mol. The molecule has 0 aliphatic rings. The smallest absolute Gasteiger partial charge is 0.333 e. The molecule has 0 fully saturated rings. The maximum Gasteiger partial charge on any atom is 0.333 e. The zero-order valence-corrected chi connectivity index (χ0v) is 7.64. The van der Waals surface area contributed by atoms with Crippen LogP contribution in [0.4, 0.5) is 0 Å². The van der Waals surface area contributed by atoms with Crippen LogP contribution in [0.15, 0.2) is 36.5 Å². The van der Waals surface area contributed by atoms with Crippen molar-refractivity contribution in [2.45, 2.75) is 6.61 Å². The highest BCUT2D eigenvalue weighted by Gasteiger charge is 2.03. The summed E-state index contributed by atoms with van der Waals surface area (Å²) in [5.74, 6) is -1.04. The SMILES string of the molecule is C=C(COCc1ccccn1)C(=O)O. The van der Waals surface area contributed by atoms with Gasteiger partial charge in [-0.15, -0.1) is 0 Å². The molecule has 4 nitrogen and oxygen atoms in total. The first-order chi connectivity index (χ1) is 6.70. The fraction of sp³-hybridized carbons (Fsp3) is 0.200. The Morgan fingerprint density at radius 2 is 2.36 bits per heavy atom. The number of aliphatic carboxylic acids is 1. The third-order valence-corrected chi connectivity index (χ3v) is 1.55. The number of carboxylic acids is 1. The van der Waals surface area contributed by atoms with E-state index in [1.165, 1.54) is 0 Å². The number of hydrogen-bond acceptors (Lipinski definition) is 3. The minimum Gasteiger partial charge on any atom is -0.478 e. The van der Waals surface area contributed by atoms with Gasteiger partial charge in [-0.05, 0) is 12.1 Å². The number of ether oxygens (including phenoxy) is 1. The van der Waals surface area contributed by atoms with E-state index in [-0.39, 0.29) is 12.2 Å². The van der Waals surface area contributed by atoms with Crippen LogP contribution in [0.2, 0.25) is 0 Å². The van der Waals surface area contributed by atoms with Crippen molar-refractivity contribution < 1.29 is 14.6 Å². The summed E-state index contributed by atoms with van der Waals surface area (Å²) in [5, 5.41) is 8.48. The van der Waals surface area contributed by atoms with Gasteiger partial charge in [0.05, 0.1) is 24.5 Å². The molecule has 1 N–H and O–H groups in total. The standard InChI is InChI=1S/C10H11NO3/c1-8(10(12)13)6-14-7-9-4-2-3-5-11-9/h2-5H,1,6-7H2,(H,12,13). The van der Waals surface area contributed by atoms with Gasteiger partial charge in [0.15, 0.2) is 0 Å². The summed E-state index contributed by atoms with van der Waals surface area (Å²) in [4.78, 5) is 14.4. The minimum atomic E-state index is -1.04. The highest BCUT2D eigenvalue weighted by atomic mass is 16.5. The van der Waals surface area contributed by atoms with E-state index >= 15 is 0 Å². The zero-order chi connectivity index (χ0) is 10.4. The molecular weight excluding hydrogens is 182 g/mol. The van der Waals surface area contributed by atoms with E-state index in [2.05, 4.69) is 11.6 Å². The van der Waals surface area contributed by atoms with Crippen LogP contribution in [0.5, 0.6) is 0 Å². The number of carbonyl (C=O) groups is 1. The van der Waals surface area contributed by atoms with Crippen LogP contribution >= 0.6 is 0 Å². The molecule has 1 aromatic heterocycles. The van der Waals surface area contributed by atoms with Crippen molar-refractivity contribution in [1.82, 2.24) is 4.98 Å². The Hall–Kier alpha value is -1.68. The molecule has 0 bridgehead atoms. The van der Waals surface area contributed by atoms with Gasteiger partial charge < -0.3 is 9.84 Å². The number of rotatable bonds is 5. The van der Waals surface area contributed by atoms with Crippen molar-refractivity contribution in [1.29, 1.82) is 0 Å². The maximum atomic E-state index is 10.3. The number of carboxylic acid groups (broad SMARTS) is 1. The van der Waals surface area contributed by atoms with Crippen LogP contribution in [0, 0.1) is 0 Å². The quantitative estimate of drug-likeness (QED) is 0.715. The molecule has 0 aliphatic heterocycles. The summed E-state index contributed by atoms with van der Waals surface area (Å²) in [6, 6.07) is 5.46. The van der Waals surface area contributed by atoms with E-state index in [9.17, 15) is 4.79 Å². The molecule has 0 atom stereocenters. The van der Waals surface area contributed by atoms with Gasteiger partial charge >= 0.3 is 5.97 Å². The van der Waals surface area contributed by atoms with Gasteiger partial charge in [-0.3, -0.25) is 4.98 Å². The van der Waals surface area contributed by atoms with Gasteiger partial charge in [0, 0.05) is 6.20 Å². The summed E-state index contributed by atoms with van der Waals surface area (Å²) in [6.45, 7) is 3.66. The molecule has 0 saturated heterocycles. The van der Waals surface area contributed by atoms with Crippen molar-refractivity contribution in [2.75, 3.05) is 6.61 Å². The van der Waals surface area contributed by atoms with E-state index in [0.717, 1.165) is 5.69 Å². The number of pyridine rings is 1. The summed E-state index contributed by atoms with van der Waals surface area (Å²) in [6.07, 6.45) is 1.66. The molecule has 0 aliphatic carbocycles. The van der Waals surface area contributed by atoms with Gasteiger partial charge in [-0.2, -0.15) is 0 Å². The van der Waals surface area contributed by atoms with E-state index in [1.54, 1.807) is 12.3 Å². The van der Waals surface area contributed by atoms with E-state index < -0.39 is 5.97 Å². The van der Waals surface area contributed by atoms with E-state index in [1.807, 2.05) is 12.1 Å². The van der Waals surface area contributed by atoms with Gasteiger partial charge in [0.25, 0.3) is 0 Å². The molecule has 1 aromatic rings. The molecule has 0 spiro atoms. The fourth-order valence-corrected chi connectivity index (χ4v) is 0.824. The molecule has 0 radical (unpaired) electrons. The molecular formula is C10H11NO3. The van der Waals surface area contributed by atoms with Crippen LogP contribution in [0.3, 0.4) is 0 Å². The molecule has 0 unspecified atom stereocenters. The third-order valence-electron chi connectivity index (χ3n) is 1.55. The first-order valence-corrected chi connectivity index (χ1v) is 4.09. The predicted octanol–water partition coefficient (Wildman–Crippen LogP) is 1.24. The van der Waals surface area contributed by atoms with Gasteiger partial charge in [-0.1, -0.05) is 12.6 Å². The third kappa shape index (κ3) is 3.37. The van der Waals surface area contributed by atoms with E-state index in [4.69, 9.17) is 9.84 Å². The lowest BCUT2D eigenvalue weighted by molar-refractivity contribution is -0.133. The van der Waals surface area contributed by atoms with Crippen molar-refractivity contribution >= 4 is 5.97 Å². The molecule has 74 valence electrons.